The second kappa shape index (κ2) is 9.19. The van der Waals surface area contributed by atoms with Crippen molar-refractivity contribution in [1.29, 1.82) is 0 Å². The van der Waals surface area contributed by atoms with Crippen LogP contribution in [0.2, 0.25) is 0 Å². The molecule has 1 fully saturated rings. The van der Waals surface area contributed by atoms with Gasteiger partial charge in [-0.2, -0.15) is 0 Å². The summed E-state index contributed by atoms with van der Waals surface area (Å²) in [4.78, 5) is 4.27. The predicted molar refractivity (Wildman–Crippen MR) is 119 cm³/mol. The number of nitrogens with two attached hydrogens (primary N) is 1. The van der Waals surface area contributed by atoms with E-state index in [2.05, 4.69) is 15.6 Å². The molecule has 28 heavy (non-hydrogen) atoms. The van der Waals surface area contributed by atoms with Gasteiger partial charge in [0.25, 0.3) is 0 Å². The van der Waals surface area contributed by atoms with Crippen LogP contribution in [0.5, 0.6) is 0 Å². The summed E-state index contributed by atoms with van der Waals surface area (Å²) >= 11 is 0. The quantitative estimate of drug-likeness (QED) is 0.311. The lowest BCUT2D eigenvalue weighted by atomic mass is 9.95. The van der Waals surface area contributed by atoms with E-state index in [-0.39, 0.29) is 40.1 Å². The van der Waals surface area contributed by atoms with E-state index >= 15 is 0 Å². The van der Waals surface area contributed by atoms with Crippen LogP contribution in [0, 0.1) is 5.82 Å². The molecule has 0 saturated heterocycles. The number of hydrogen-bond donors (Lipinski definition) is 3. The van der Waals surface area contributed by atoms with Gasteiger partial charge in [-0.1, -0.05) is 30.3 Å². The van der Waals surface area contributed by atoms with Gasteiger partial charge in [-0.05, 0) is 42.2 Å². The monoisotopic (exact) mass is 518 g/mol. The Morgan fingerprint density at radius 1 is 1.14 bits per heavy atom. The standard InChI is InChI=1S/C19H23FN4O2S.HI/c1-22-18(23-12-14-6-8-15(9-7-14)27(21,25)26)24-13-19(10-11-19)16-4-2-3-5-17(16)20;/h2-9H,10-13H2,1H3,(H2,21,25,26)(H2,22,23,24);1H. The smallest absolute Gasteiger partial charge is 0.238 e. The van der Waals surface area contributed by atoms with Crippen molar-refractivity contribution in [2.75, 3.05) is 13.6 Å². The van der Waals surface area contributed by atoms with E-state index in [9.17, 15) is 12.8 Å². The fourth-order valence-corrected chi connectivity index (χ4v) is 3.56. The summed E-state index contributed by atoms with van der Waals surface area (Å²) < 4.78 is 36.7. The highest BCUT2D eigenvalue weighted by Gasteiger charge is 2.45. The van der Waals surface area contributed by atoms with Crippen molar-refractivity contribution < 1.29 is 12.8 Å². The maximum absolute atomic E-state index is 14.1. The second-order valence-electron chi connectivity index (χ2n) is 6.73. The molecule has 1 aliphatic rings. The maximum atomic E-state index is 14.1. The summed E-state index contributed by atoms with van der Waals surface area (Å²) in [5, 5.41) is 11.5. The van der Waals surface area contributed by atoms with Gasteiger partial charge >= 0.3 is 0 Å². The van der Waals surface area contributed by atoms with Crippen LogP contribution in [0.4, 0.5) is 4.39 Å². The molecule has 1 saturated carbocycles. The molecule has 0 atom stereocenters. The third-order valence-electron chi connectivity index (χ3n) is 4.83. The molecule has 0 amide bonds. The molecule has 0 unspecified atom stereocenters. The van der Waals surface area contributed by atoms with E-state index in [0.717, 1.165) is 24.0 Å². The first-order valence-electron chi connectivity index (χ1n) is 8.65. The molecule has 4 N–H and O–H groups in total. The zero-order valence-corrected chi connectivity index (χ0v) is 18.6. The summed E-state index contributed by atoms with van der Waals surface area (Å²) in [7, 11) is -2.02. The van der Waals surface area contributed by atoms with Crippen molar-refractivity contribution in [3.8, 4) is 0 Å². The highest BCUT2D eigenvalue weighted by atomic mass is 127. The largest absolute Gasteiger partial charge is 0.356 e. The molecular formula is C19H24FIN4O2S. The van der Waals surface area contributed by atoms with Gasteiger partial charge in [0.2, 0.25) is 10.0 Å². The number of guanidine groups is 1. The van der Waals surface area contributed by atoms with Crippen molar-refractivity contribution in [2.45, 2.75) is 29.7 Å². The minimum atomic E-state index is -3.69. The SMILES string of the molecule is CN=C(NCc1ccc(S(N)(=O)=O)cc1)NCC1(c2ccccc2F)CC1.I. The van der Waals surface area contributed by atoms with Gasteiger partial charge in [0.05, 0.1) is 4.90 Å². The molecule has 3 rings (SSSR count). The average Bonchev–Trinajstić information content (AvgIpc) is 3.43. The lowest BCUT2D eigenvalue weighted by molar-refractivity contribution is 0.559. The highest BCUT2D eigenvalue weighted by Crippen LogP contribution is 2.48. The van der Waals surface area contributed by atoms with E-state index in [1.807, 2.05) is 12.1 Å². The van der Waals surface area contributed by atoms with Gasteiger partial charge < -0.3 is 10.6 Å². The number of nitrogens with one attached hydrogen (secondary N) is 2. The third-order valence-corrected chi connectivity index (χ3v) is 5.76. The zero-order valence-electron chi connectivity index (χ0n) is 15.5. The molecule has 0 bridgehead atoms. The second-order valence-corrected chi connectivity index (χ2v) is 8.29. The van der Waals surface area contributed by atoms with Crippen molar-refractivity contribution >= 4 is 40.0 Å². The summed E-state index contributed by atoms with van der Waals surface area (Å²) in [6.07, 6.45) is 1.87. The Hall–Kier alpha value is -1.72. The number of hydrogen-bond acceptors (Lipinski definition) is 3. The van der Waals surface area contributed by atoms with E-state index in [0.29, 0.717) is 19.0 Å². The maximum Gasteiger partial charge on any atom is 0.238 e. The molecule has 2 aromatic carbocycles. The van der Waals surface area contributed by atoms with Gasteiger partial charge in [0.15, 0.2) is 5.96 Å². The Morgan fingerprint density at radius 3 is 2.32 bits per heavy atom. The average molecular weight is 518 g/mol. The number of primary sulfonamides is 1. The fraction of sp³-hybridized carbons (Fsp3) is 0.316. The van der Waals surface area contributed by atoms with Gasteiger partial charge in [-0.25, -0.2) is 17.9 Å². The van der Waals surface area contributed by atoms with E-state index < -0.39 is 10.0 Å². The first-order valence-corrected chi connectivity index (χ1v) is 10.2. The zero-order chi connectivity index (χ0) is 19.5. The Kier molecular flexibility index (Phi) is 7.40. The first-order chi connectivity index (χ1) is 12.8. The fourth-order valence-electron chi connectivity index (χ4n) is 3.04. The summed E-state index contributed by atoms with van der Waals surface area (Å²) in [6, 6.07) is 13.2. The van der Waals surface area contributed by atoms with Crippen LogP contribution < -0.4 is 15.8 Å². The van der Waals surface area contributed by atoms with Crippen molar-refractivity contribution in [3.05, 3.63) is 65.5 Å². The third kappa shape index (κ3) is 5.42. The minimum absolute atomic E-state index is 0. The highest BCUT2D eigenvalue weighted by molar-refractivity contribution is 14.0. The van der Waals surface area contributed by atoms with Crippen LogP contribution in [0.3, 0.4) is 0 Å². The van der Waals surface area contributed by atoms with Gasteiger partial charge in [0.1, 0.15) is 5.82 Å². The number of nitrogens with zero attached hydrogens (tertiary/aromatic N) is 1. The Bertz CT molecular complexity index is 945. The summed E-state index contributed by atoms with van der Waals surface area (Å²) in [5.41, 5.74) is 1.45. The normalized spacial score (nSPS) is 15.5. The summed E-state index contributed by atoms with van der Waals surface area (Å²) in [5.74, 6) is 0.433. The topological polar surface area (TPSA) is 96.6 Å². The lowest BCUT2D eigenvalue weighted by Crippen LogP contribution is -2.41. The molecular weight excluding hydrogens is 494 g/mol. The molecule has 2 aromatic rings. The predicted octanol–water partition coefficient (Wildman–Crippen LogP) is 2.49. The molecule has 0 radical (unpaired) electrons. The van der Waals surface area contributed by atoms with Crippen LogP contribution >= 0.6 is 24.0 Å². The Balaban J connectivity index is 0.00000280. The van der Waals surface area contributed by atoms with Crippen LogP contribution in [0.25, 0.3) is 0 Å². The molecule has 6 nitrogen and oxygen atoms in total. The summed E-state index contributed by atoms with van der Waals surface area (Å²) in [6.45, 7) is 1.06. The van der Waals surface area contributed by atoms with Gasteiger partial charge in [-0.15, -0.1) is 24.0 Å². The number of benzene rings is 2. The Labute approximate surface area is 181 Å². The first kappa shape index (κ1) is 22.6. The lowest BCUT2D eigenvalue weighted by Gasteiger charge is -2.19. The Morgan fingerprint density at radius 2 is 1.79 bits per heavy atom. The number of rotatable bonds is 6. The number of sulfonamides is 1. The van der Waals surface area contributed by atoms with E-state index in [4.69, 9.17) is 5.14 Å². The minimum Gasteiger partial charge on any atom is -0.356 e. The van der Waals surface area contributed by atoms with E-state index in [1.165, 1.54) is 18.2 Å². The number of halogens is 2. The molecule has 9 heteroatoms. The molecule has 0 aliphatic heterocycles. The molecule has 0 heterocycles. The van der Waals surface area contributed by atoms with Gasteiger partial charge in [-0.3, -0.25) is 4.99 Å². The van der Waals surface area contributed by atoms with Crippen LogP contribution in [-0.2, 0) is 22.0 Å². The molecule has 1 aliphatic carbocycles. The molecule has 152 valence electrons. The van der Waals surface area contributed by atoms with Crippen molar-refractivity contribution in [2.24, 2.45) is 10.1 Å². The van der Waals surface area contributed by atoms with Gasteiger partial charge in [0, 0.05) is 25.6 Å². The van der Waals surface area contributed by atoms with Crippen LogP contribution in [-0.4, -0.2) is 28.0 Å². The van der Waals surface area contributed by atoms with Crippen LogP contribution in [0.1, 0.15) is 24.0 Å². The van der Waals surface area contributed by atoms with E-state index in [1.54, 1.807) is 25.2 Å². The molecule has 0 aromatic heterocycles. The van der Waals surface area contributed by atoms with Crippen molar-refractivity contribution in [1.82, 2.24) is 10.6 Å². The van der Waals surface area contributed by atoms with Crippen molar-refractivity contribution in [3.63, 3.8) is 0 Å². The number of aliphatic imine (C=N–C) groups is 1. The molecule has 0 spiro atoms. The van der Waals surface area contributed by atoms with Crippen LogP contribution in [0.15, 0.2) is 58.4 Å².